The van der Waals surface area contributed by atoms with Gasteiger partial charge in [-0.1, -0.05) is 0 Å². The lowest BCUT2D eigenvalue weighted by Crippen LogP contribution is -2.24. The van der Waals surface area contributed by atoms with Gasteiger partial charge in [0.15, 0.2) is 0 Å². The van der Waals surface area contributed by atoms with Crippen molar-refractivity contribution in [3.8, 4) is 0 Å². The molecule has 8 heavy (non-hydrogen) atoms. The smallest absolute Gasteiger partial charge is 0.346 e. The van der Waals surface area contributed by atoms with E-state index in [9.17, 15) is 9.59 Å². The lowest BCUT2D eigenvalue weighted by molar-refractivity contribution is -0.126. The number of carbonyl (C=O) groups is 2. The molecule has 1 unspecified atom stereocenters. The van der Waals surface area contributed by atoms with Gasteiger partial charge < -0.3 is 5.11 Å². The van der Waals surface area contributed by atoms with Crippen molar-refractivity contribution in [2.45, 2.75) is 6.23 Å². The molecular formula is C3H3N2O3. The Morgan fingerprint density at radius 2 is 2.25 bits per heavy atom. The maximum absolute atomic E-state index is 10.1. The molecule has 1 aliphatic rings. The van der Waals surface area contributed by atoms with E-state index in [1.165, 1.54) is 0 Å². The van der Waals surface area contributed by atoms with Gasteiger partial charge in [0.2, 0.25) is 6.23 Å². The van der Waals surface area contributed by atoms with E-state index in [-0.39, 0.29) is 0 Å². The molecule has 1 heterocycles. The second-order valence-electron chi connectivity index (χ2n) is 1.30. The van der Waals surface area contributed by atoms with Crippen LogP contribution >= 0.6 is 0 Å². The lowest BCUT2D eigenvalue weighted by Gasteiger charge is -1.87. The fraction of sp³-hybridized carbons (Fsp3) is 0.333. The van der Waals surface area contributed by atoms with Gasteiger partial charge in [-0.2, -0.15) is 5.32 Å². The van der Waals surface area contributed by atoms with Crippen LogP contribution in [0.2, 0.25) is 0 Å². The van der Waals surface area contributed by atoms with Gasteiger partial charge in [0.25, 0.3) is 5.91 Å². The highest BCUT2D eigenvalue weighted by atomic mass is 16.3. The van der Waals surface area contributed by atoms with Gasteiger partial charge in [-0.3, -0.25) is 10.1 Å². The molecule has 1 aliphatic heterocycles. The minimum Gasteiger partial charge on any atom is -0.364 e. The Morgan fingerprint density at radius 1 is 1.62 bits per heavy atom. The third-order valence-electron chi connectivity index (χ3n) is 0.704. The SMILES string of the molecule is O=C1[N]C(O)C(=O)N1. The van der Waals surface area contributed by atoms with E-state index in [0.29, 0.717) is 0 Å². The molecule has 1 fully saturated rings. The third-order valence-corrected chi connectivity index (χ3v) is 0.704. The molecule has 0 bridgehead atoms. The molecule has 1 rings (SSSR count). The van der Waals surface area contributed by atoms with Crippen LogP contribution in [0.5, 0.6) is 0 Å². The van der Waals surface area contributed by atoms with Gasteiger partial charge in [-0.05, 0) is 0 Å². The first-order chi connectivity index (χ1) is 3.70. The average molecular weight is 115 g/mol. The minimum atomic E-state index is -1.48. The largest absolute Gasteiger partial charge is 0.364 e. The van der Waals surface area contributed by atoms with E-state index in [0.717, 1.165) is 0 Å². The summed E-state index contributed by atoms with van der Waals surface area (Å²) in [5, 5.41) is 13.1. The van der Waals surface area contributed by atoms with Crippen LogP contribution in [0, 0.1) is 0 Å². The summed E-state index contributed by atoms with van der Waals surface area (Å²) in [6.07, 6.45) is -1.48. The van der Waals surface area contributed by atoms with Crippen molar-refractivity contribution >= 4 is 11.9 Å². The molecule has 0 spiro atoms. The number of urea groups is 1. The first kappa shape index (κ1) is 5.04. The number of aliphatic hydroxyl groups excluding tert-OH is 1. The summed E-state index contributed by atoms with van der Waals surface area (Å²) >= 11 is 0. The number of nitrogens with zero attached hydrogens (tertiary/aromatic N) is 1. The minimum absolute atomic E-state index is 0.755. The highest BCUT2D eigenvalue weighted by Crippen LogP contribution is 1.88. The fourth-order valence-electron chi connectivity index (χ4n) is 0.372. The molecule has 0 aromatic carbocycles. The highest BCUT2D eigenvalue weighted by molar-refractivity contribution is 6.02. The summed E-state index contributed by atoms with van der Waals surface area (Å²) < 4.78 is 0. The molecule has 5 heteroatoms. The number of hydrogen-bond donors (Lipinski definition) is 2. The Bertz CT molecular complexity index is 143. The molecule has 0 aliphatic carbocycles. The van der Waals surface area contributed by atoms with E-state index in [1.54, 1.807) is 5.32 Å². The predicted octanol–water partition coefficient (Wildman–Crippen LogP) is -1.84. The Balaban J connectivity index is 2.64. The van der Waals surface area contributed by atoms with Crippen LogP contribution in [-0.4, -0.2) is 23.3 Å². The van der Waals surface area contributed by atoms with Gasteiger partial charge in [0, 0.05) is 0 Å². The van der Waals surface area contributed by atoms with Crippen molar-refractivity contribution in [3.05, 3.63) is 0 Å². The second kappa shape index (κ2) is 1.45. The Labute approximate surface area is 44.7 Å². The Hall–Kier alpha value is -1.10. The normalized spacial score (nSPS) is 27.4. The monoisotopic (exact) mass is 115 g/mol. The molecule has 1 radical (unpaired) electrons. The van der Waals surface area contributed by atoms with Gasteiger partial charge in [0.1, 0.15) is 0 Å². The van der Waals surface area contributed by atoms with E-state index >= 15 is 0 Å². The van der Waals surface area contributed by atoms with E-state index in [1.807, 2.05) is 0 Å². The molecule has 0 aromatic heterocycles. The van der Waals surface area contributed by atoms with Crippen LogP contribution in [0.3, 0.4) is 0 Å². The van der Waals surface area contributed by atoms with Gasteiger partial charge in [0.05, 0.1) is 0 Å². The summed E-state index contributed by atoms with van der Waals surface area (Å²) in [6.45, 7) is 0. The number of carbonyl (C=O) groups excluding carboxylic acids is 2. The number of amides is 3. The van der Waals surface area contributed by atoms with Crippen molar-refractivity contribution in [1.29, 1.82) is 0 Å². The first-order valence-electron chi connectivity index (χ1n) is 1.94. The van der Waals surface area contributed by atoms with E-state index in [2.05, 4.69) is 5.32 Å². The number of rotatable bonds is 0. The van der Waals surface area contributed by atoms with E-state index < -0.39 is 18.2 Å². The summed E-state index contributed by atoms with van der Waals surface area (Å²) in [5.41, 5.74) is 0. The maximum atomic E-state index is 10.1. The Kier molecular flexibility index (Phi) is 0.911. The first-order valence-corrected chi connectivity index (χ1v) is 1.94. The van der Waals surface area contributed by atoms with Crippen LogP contribution in [0.15, 0.2) is 0 Å². The van der Waals surface area contributed by atoms with Crippen molar-refractivity contribution in [2.75, 3.05) is 0 Å². The zero-order chi connectivity index (χ0) is 6.15. The number of nitrogens with one attached hydrogen (secondary N) is 1. The van der Waals surface area contributed by atoms with Crippen molar-refractivity contribution in [2.24, 2.45) is 0 Å². The van der Waals surface area contributed by atoms with Crippen LogP contribution in [0.25, 0.3) is 0 Å². The van der Waals surface area contributed by atoms with Crippen LogP contribution < -0.4 is 10.6 Å². The summed E-state index contributed by atoms with van der Waals surface area (Å²) in [6, 6.07) is -0.775. The zero-order valence-corrected chi connectivity index (χ0v) is 3.79. The van der Waals surface area contributed by atoms with E-state index in [4.69, 9.17) is 5.11 Å². The van der Waals surface area contributed by atoms with Crippen LogP contribution in [0.4, 0.5) is 4.79 Å². The second-order valence-corrected chi connectivity index (χ2v) is 1.30. The Morgan fingerprint density at radius 3 is 2.38 bits per heavy atom. The molecule has 0 saturated carbocycles. The number of hydrogen-bond acceptors (Lipinski definition) is 3. The number of aliphatic hydroxyl groups is 1. The zero-order valence-electron chi connectivity index (χ0n) is 3.79. The molecular weight excluding hydrogens is 112 g/mol. The third kappa shape index (κ3) is 0.627. The number of imide groups is 1. The standard InChI is InChI=1S/C3H3N2O3/c6-1-2(7)5-3(8)4-1/h1,6H,(H,5,7,8). The van der Waals surface area contributed by atoms with Crippen LogP contribution in [-0.2, 0) is 4.79 Å². The van der Waals surface area contributed by atoms with Gasteiger partial charge >= 0.3 is 6.03 Å². The molecule has 1 saturated heterocycles. The molecule has 1 atom stereocenters. The molecule has 0 aromatic rings. The van der Waals surface area contributed by atoms with Crippen molar-refractivity contribution in [3.63, 3.8) is 0 Å². The summed E-state index contributed by atoms with van der Waals surface area (Å²) in [4.78, 5) is 20.1. The molecule has 5 nitrogen and oxygen atoms in total. The maximum Gasteiger partial charge on any atom is 0.346 e. The average Bonchev–Trinajstić information content (AvgIpc) is 1.85. The molecule has 43 valence electrons. The van der Waals surface area contributed by atoms with Gasteiger partial charge in [-0.15, -0.1) is 0 Å². The van der Waals surface area contributed by atoms with Gasteiger partial charge in [-0.25, -0.2) is 4.79 Å². The predicted molar refractivity (Wildman–Crippen MR) is 21.7 cm³/mol. The van der Waals surface area contributed by atoms with Crippen LogP contribution in [0.1, 0.15) is 0 Å². The topological polar surface area (TPSA) is 80.5 Å². The molecule has 2 N–H and O–H groups in total. The summed E-state index contributed by atoms with van der Waals surface area (Å²) in [5.74, 6) is -0.755. The van der Waals surface area contributed by atoms with Crippen molar-refractivity contribution in [1.82, 2.24) is 10.6 Å². The highest BCUT2D eigenvalue weighted by Gasteiger charge is 2.28. The molecule has 3 amide bonds. The summed E-state index contributed by atoms with van der Waals surface area (Å²) in [7, 11) is 0. The quantitative estimate of drug-likeness (QED) is 0.364. The fourth-order valence-corrected chi connectivity index (χ4v) is 0.372. The lowest BCUT2D eigenvalue weighted by atomic mass is 10.6. The van der Waals surface area contributed by atoms with Crippen molar-refractivity contribution < 1.29 is 14.7 Å².